The summed E-state index contributed by atoms with van der Waals surface area (Å²) < 4.78 is 10.8. The molecule has 3 aromatic rings. The number of methoxy groups -OCH3 is 1. The van der Waals surface area contributed by atoms with E-state index in [-0.39, 0.29) is 17.9 Å². The van der Waals surface area contributed by atoms with Gasteiger partial charge in [0.05, 0.1) is 18.5 Å². The number of halogens is 1. The Bertz CT molecular complexity index is 1440. The quantitative estimate of drug-likeness (QED) is 0.354. The van der Waals surface area contributed by atoms with Gasteiger partial charge in [0.15, 0.2) is 6.61 Å². The molecular weight excluding hydrogens is 498 g/mol. The zero-order chi connectivity index (χ0) is 26.5. The maximum absolute atomic E-state index is 13.1. The summed E-state index contributed by atoms with van der Waals surface area (Å²) in [6.45, 7) is 1.50. The number of carbonyl (C=O) groups excluding carboxylic acids is 4. The van der Waals surface area contributed by atoms with Crippen molar-refractivity contribution in [2.24, 2.45) is 0 Å². The Balaban J connectivity index is 1.49. The molecule has 0 atom stereocenters. The Morgan fingerprint density at radius 2 is 1.84 bits per heavy atom. The van der Waals surface area contributed by atoms with Gasteiger partial charge in [-0.2, -0.15) is 0 Å². The molecule has 0 bridgehead atoms. The van der Waals surface area contributed by atoms with Crippen molar-refractivity contribution < 1.29 is 28.7 Å². The zero-order valence-electron chi connectivity index (χ0n) is 19.9. The van der Waals surface area contributed by atoms with Gasteiger partial charge in [-0.05, 0) is 60.5 Å². The number of nitrogens with zero attached hydrogens (tertiary/aromatic N) is 1. The molecule has 5 amide bonds. The molecule has 0 unspecified atom stereocenters. The second-order valence-corrected chi connectivity index (χ2v) is 8.41. The number of urea groups is 1. The van der Waals surface area contributed by atoms with Gasteiger partial charge in [-0.3, -0.25) is 19.7 Å². The van der Waals surface area contributed by atoms with E-state index in [4.69, 9.17) is 21.1 Å². The van der Waals surface area contributed by atoms with Gasteiger partial charge < -0.3 is 14.8 Å². The summed E-state index contributed by atoms with van der Waals surface area (Å²) in [5, 5.41) is 5.26. The molecule has 0 aliphatic carbocycles. The second-order valence-electron chi connectivity index (χ2n) is 8.00. The van der Waals surface area contributed by atoms with Crippen molar-refractivity contribution in [1.82, 2.24) is 5.32 Å². The van der Waals surface area contributed by atoms with E-state index in [1.165, 1.54) is 19.3 Å². The number of carbonyl (C=O) groups is 4. The molecule has 0 spiro atoms. The molecule has 9 nitrogen and oxygen atoms in total. The van der Waals surface area contributed by atoms with E-state index >= 15 is 0 Å². The van der Waals surface area contributed by atoms with Crippen molar-refractivity contribution in [3.05, 3.63) is 88.5 Å². The summed E-state index contributed by atoms with van der Waals surface area (Å²) in [6, 6.07) is 17.3. The van der Waals surface area contributed by atoms with Crippen LogP contribution in [0.25, 0.3) is 6.08 Å². The van der Waals surface area contributed by atoms with Gasteiger partial charge in [-0.25, -0.2) is 9.69 Å². The average Bonchev–Trinajstić information content (AvgIpc) is 2.88. The molecule has 1 saturated heterocycles. The maximum Gasteiger partial charge on any atom is 0.335 e. The van der Waals surface area contributed by atoms with E-state index in [2.05, 4.69) is 10.6 Å². The van der Waals surface area contributed by atoms with Crippen LogP contribution in [0.4, 0.5) is 16.2 Å². The van der Waals surface area contributed by atoms with E-state index in [1.807, 2.05) is 0 Å². The van der Waals surface area contributed by atoms with Crippen LogP contribution in [0, 0.1) is 6.92 Å². The zero-order valence-corrected chi connectivity index (χ0v) is 20.7. The fraction of sp³-hybridized carbons (Fsp3) is 0.111. The number of para-hydroxylation sites is 2. The molecule has 4 rings (SSSR count). The highest BCUT2D eigenvalue weighted by Gasteiger charge is 2.37. The monoisotopic (exact) mass is 519 g/mol. The maximum atomic E-state index is 13.1. The molecule has 0 aromatic heterocycles. The Labute approximate surface area is 217 Å². The molecule has 2 N–H and O–H groups in total. The number of benzene rings is 3. The highest BCUT2D eigenvalue weighted by molar-refractivity contribution is 6.39. The number of hydrogen-bond donors (Lipinski definition) is 2. The Hall–Kier alpha value is -4.63. The highest BCUT2D eigenvalue weighted by atomic mass is 35.5. The molecule has 0 radical (unpaired) electrons. The van der Waals surface area contributed by atoms with Crippen molar-refractivity contribution in [1.29, 1.82) is 0 Å². The minimum Gasteiger partial charge on any atom is -0.495 e. The SMILES string of the molecule is COc1ccccc1NC(=O)COc1cccc(/C=C2\C(=O)NC(=O)N(c3ccc(C)c(Cl)c3)C2=O)c1. The predicted octanol–water partition coefficient (Wildman–Crippen LogP) is 4.34. The predicted molar refractivity (Wildman–Crippen MR) is 139 cm³/mol. The number of anilines is 2. The van der Waals surface area contributed by atoms with Crippen molar-refractivity contribution in [2.45, 2.75) is 6.92 Å². The third-order valence-corrected chi connectivity index (χ3v) is 5.84. The lowest BCUT2D eigenvalue weighted by Gasteiger charge is -2.26. The van der Waals surface area contributed by atoms with E-state index in [0.29, 0.717) is 27.8 Å². The molecule has 1 aliphatic rings. The number of hydrogen-bond acceptors (Lipinski definition) is 6. The third-order valence-electron chi connectivity index (χ3n) is 5.44. The van der Waals surface area contributed by atoms with Crippen LogP contribution in [0.1, 0.15) is 11.1 Å². The molecule has 37 heavy (non-hydrogen) atoms. The van der Waals surface area contributed by atoms with Crippen LogP contribution >= 0.6 is 11.6 Å². The Morgan fingerprint density at radius 3 is 2.59 bits per heavy atom. The van der Waals surface area contributed by atoms with Gasteiger partial charge in [-0.15, -0.1) is 0 Å². The van der Waals surface area contributed by atoms with Gasteiger partial charge in [0.25, 0.3) is 17.7 Å². The molecule has 1 heterocycles. The van der Waals surface area contributed by atoms with E-state index in [9.17, 15) is 19.2 Å². The smallest absolute Gasteiger partial charge is 0.335 e. The topological polar surface area (TPSA) is 114 Å². The van der Waals surface area contributed by atoms with E-state index < -0.39 is 23.8 Å². The minimum absolute atomic E-state index is 0.231. The normalized spacial score (nSPS) is 14.4. The van der Waals surface area contributed by atoms with Gasteiger partial charge in [0.1, 0.15) is 17.1 Å². The number of barbiturate groups is 1. The van der Waals surface area contributed by atoms with Crippen LogP contribution in [0.3, 0.4) is 0 Å². The molecule has 0 saturated carbocycles. The number of aryl methyl sites for hydroxylation is 1. The lowest BCUT2D eigenvalue weighted by molar-refractivity contribution is -0.122. The largest absolute Gasteiger partial charge is 0.495 e. The van der Waals surface area contributed by atoms with Crippen molar-refractivity contribution >= 4 is 52.8 Å². The van der Waals surface area contributed by atoms with Crippen molar-refractivity contribution in [3.63, 3.8) is 0 Å². The van der Waals surface area contributed by atoms with Crippen LogP contribution in [0.5, 0.6) is 11.5 Å². The van der Waals surface area contributed by atoms with Crippen LogP contribution in [-0.2, 0) is 14.4 Å². The summed E-state index contributed by atoms with van der Waals surface area (Å²) >= 11 is 6.15. The molecule has 1 fully saturated rings. The standard InChI is InChI=1S/C27H22ClN3O6/c1-16-10-11-18(14-21(16)28)31-26(34)20(25(33)30-27(31)35)13-17-6-5-7-19(12-17)37-15-24(32)29-22-8-3-4-9-23(22)36-2/h3-14H,15H2,1-2H3,(H,29,32)(H,30,33,35)/b20-13+. The van der Waals surface area contributed by atoms with Crippen LogP contribution in [-0.4, -0.2) is 37.5 Å². The summed E-state index contributed by atoms with van der Waals surface area (Å²) in [5.41, 5.74) is 1.72. The molecular formula is C27H22ClN3O6. The van der Waals surface area contributed by atoms with Gasteiger partial charge in [0.2, 0.25) is 0 Å². The summed E-state index contributed by atoms with van der Waals surface area (Å²) in [6.07, 6.45) is 1.34. The first-order valence-electron chi connectivity index (χ1n) is 11.1. The molecule has 3 aromatic carbocycles. The average molecular weight is 520 g/mol. The fourth-order valence-electron chi connectivity index (χ4n) is 3.56. The first-order chi connectivity index (χ1) is 17.8. The number of rotatable bonds is 7. The number of amides is 5. The lowest BCUT2D eigenvalue weighted by Crippen LogP contribution is -2.54. The molecule has 10 heteroatoms. The number of nitrogens with one attached hydrogen (secondary N) is 2. The summed E-state index contributed by atoms with van der Waals surface area (Å²) in [4.78, 5) is 51.2. The molecule has 1 aliphatic heterocycles. The summed E-state index contributed by atoms with van der Waals surface area (Å²) in [5.74, 6) is -1.17. The third kappa shape index (κ3) is 5.79. The van der Waals surface area contributed by atoms with Crippen LogP contribution in [0.2, 0.25) is 5.02 Å². The minimum atomic E-state index is -0.870. The van der Waals surface area contributed by atoms with Crippen molar-refractivity contribution in [2.75, 3.05) is 23.9 Å². The van der Waals surface area contributed by atoms with Gasteiger partial charge >= 0.3 is 6.03 Å². The summed E-state index contributed by atoms with van der Waals surface area (Å²) in [7, 11) is 1.50. The first kappa shape index (κ1) is 25.5. The fourth-order valence-corrected chi connectivity index (χ4v) is 3.73. The number of imide groups is 2. The van der Waals surface area contributed by atoms with E-state index in [0.717, 1.165) is 10.5 Å². The van der Waals surface area contributed by atoms with Crippen LogP contribution < -0.4 is 25.0 Å². The van der Waals surface area contributed by atoms with Gasteiger partial charge in [0, 0.05) is 5.02 Å². The highest BCUT2D eigenvalue weighted by Crippen LogP contribution is 2.27. The lowest BCUT2D eigenvalue weighted by atomic mass is 10.1. The second kappa shape index (κ2) is 11.0. The van der Waals surface area contributed by atoms with Crippen molar-refractivity contribution in [3.8, 4) is 11.5 Å². The van der Waals surface area contributed by atoms with Gasteiger partial charge in [-0.1, -0.05) is 41.9 Å². The number of ether oxygens (including phenoxy) is 2. The molecule has 188 valence electrons. The Morgan fingerprint density at radius 1 is 1.05 bits per heavy atom. The van der Waals surface area contributed by atoms with E-state index in [1.54, 1.807) is 67.6 Å². The first-order valence-corrected chi connectivity index (χ1v) is 11.5. The Kier molecular flexibility index (Phi) is 7.55. The van der Waals surface area contributed by atoms with Crippen LogP contribution in [0.15, 0.2) is 72.3 Å².